The average Bonchev–Trinajstić information content (AvgIpc) is 3.54. The van der Waals surface area contributed by atoms with Gasteiger partial charge in [0.2, 0.25) is 0 Å². The van der Waals surface area contributed by atoms with Gasteiger partial charge in [-0.05, 0) is 36.6 Å². The third kappa shape index (κ3) is 5.20. The van der Waals surface area contributed by atoms with Gasteiger partial charge >= 0.3 is 5.97 Å². The van der Waals surface area contributed by atoms with Gasteiger partial charge in [-0.15, -0.1) is 11.3 Å². The number of rotatable bonds is 8. The van der Waals surface area contributed by atoms with Crippen molar-refractivity contribution < 1.29 is 24.0 Å². The Labute approximate surface area is 203 Å². The number of nitrogens with zero attached hydrogens (tertiary/aromatic N) is 3. The lowest BCUT2D eigenvalue weighted by Gasteiger charge is -2.15. The molecule has 0 aliphatic rings. The van der Waals surface area contributed by atoms with Crippen molar-refractivity contribution in [3.8, 4) is 22.0 Å². The molecular formula is C24H20N4O6S. The average molecular weight is 493 g/mol. The van der Waals surface area contributed by atoms with Gasteiger partial charge < -0.3 is 14.8 Å². The zero-order valence-electron chi connectivity index (χ0n) is 18.7. The molecular weight excluding hydrogens is 472 g/mol. The number of carbonyl (C=O) groups is 2. The predicted octanol–water partition coefficient (Wildman–Crippen LogP) is 4.70. The summed E-state index contributed by atoms with van der Waals surface area (Å²) in [7, 11) is 1.37. The zero-order valence-corrected chi connectivity index (χ0v) is 19.5. The Hall–Kier alpha value is -4.51. The molecule has 2 aromatic heterocycles. The number of nitro groups is 1. The number of aromatic nitrogens is 2. The van der Waals surface area contributed by atoms with Gasteiger partial charge in [0.1, 0.15) is 11.4 Å². The van der Waals surface area contributed by atoms with Gasteiger partial charge in [0.05, 0.1) is 28.3 Å². The summed E-state index contributed by atoms with van der Waals surface area (Å²) >= 11 is 1.48. The molecule has 0 radical (unpaired) electrons. The van der Waals surface area contributed by atoms with Crippen LogP contribution < -0.4 is 10.1 Å². The largest absolute Gasteiger partial charge is 0.495 e. The predicted molar refractivity (Wildman–Crippen MR) is 130 cm³/mol. The van der Waals surface area contributed by atoms with E-state index in [0.29, 0.717) is 11.4 Å². The summed E-state index contributed by atoms with van der Waals surface area (Å²) in [6, 6.07) is 18.3. The van der Waals surface area contributed by atoms with Gasteiger partial charge in [-0.25, -0.2) is 9.48 Å². The molecule has 35 heavy (non-hydrogen) atoms. The smallest absolute Gasteiger partial charge is 0.357 e. The Morgan fingerprint density at radius 2 is 1.89 bits per heavy atom. The van der Waals surface area contributed by atoms with Gasteiger partial charge in [-0.3, -0.25) is 14.9 Å². The van der Waals surface area contributed by atoms with E-state index in [0.717, 1.165) is 4.88 Å². The Kier molecular flexibility index (Phi) is 6.88. The van der Waals surface area contributed by atoms with Crippen LogP contribution in [0.4, 0.5) is 11.4 Å². The number of nitro benzene ring substituents is 1. The maximum atomic E-state index is 13.1. The minimum atomic E-state index is -1.21. The standard InChI is InChI=1S/C24H20N4O6S/c1-15(23(29)25-18-13-17(28(31)32)10-11-21(18)33-2)34-24(30)20-14-19(22-9-6-12-35-22)26-27(20)16-7-4-3-5-8-16/h3-15H,1-2H3,(H,25,29). The van der Waals surface area contributed by atoms with E-state index < -0.39 is 22.9 Å². The van der Waals surface area contributed by atoms with Crippen LogP contribution in [0.15, 0.2) is 72.1 Å². The molecule has 10 nitrogen and oxygen atoms in total. The lowest BCUT2D eigenvalue weighted by molar-refractivity contribution is -0.384. The first kappa shape index (κ1) is 23.6. The molecule has 2 aromatic carbocycles. The number of non-ortho nitro benzene ring substituents is 1. The second kappa shape index (κ2) is 10.2. The Morgan fingerprint density at radius 3 is 2.54 bits per heavy atom. The topological polar surface area (TPSA) is 126 Å². The first-order valence-corrected chi connectivity index (χ1v) is 11.3. The number of anilines is 1. The number of ether oxygens (including phenoxy) is 2. The van der Waals surface area contributed by atoms with Crippen LogP contribution in [0.2, 0.25) is 0 Å². The molecule has 1 atom stereocenters. The van der Waals surface area contributed by atoms with Gasteiger partial charge in [0, 0.05) is 18.2 Å². The molecule has 0 bridgehead atoms. The highest BCUT2D eigenvalue weighted by Crippen LogP contribution is 2.29. The van der Waals surface area contributed by atoms with Crippen molar-refractivity contribution in [3.05, 3.63) is 87.9 Å². The number of carbonyl (C=O) groups excluding carboxylic acids is 2. The summed E-state index contributed by atoms with van der Waals surface area (Å²) in [6.45, 7) is 1.40. The fourth-order valence-electron chi connectivity index (χ4n) is 3.25. The highest BCUT2D eigenvalue weighted by molar-refractivity contribution is 7.13. The molecule has 1 amide bonds. The SMILES string of the molecule is COc1ccc([N+](=O)[O-])cc1NC(=O)C(C)OC(=O)c1cc(-c2cccs2)nn1-c1ccccc1. The third-order valence-corrected chi connectivity index (χ3v) is 5.89. The van der Waals surface area contributed by atoms with E-state index >= 15 is 0 Å². The number of methoxy groups -OCH3 is 1. The van der Waals surface area contributed by atoms with Gasteiger partial charge in [0.25, 0.3) is 11.6 Å². The quantitative estimate of drug-likeness (QED) is 0.215. The highest BCUT2D eigenvalue weighted by atomic mass is 32.1. The molecule has 11 heteroatoms. The van der Waals surface area contributed by atoms with Crippen LogP contribution in [0.25, 0.3) is 16.3 Å². The van der Waals surface area contributed by atoms with Crippen LogP contribution in [-0.2, 0) is 9.53 Å². The van der Waals surface area contributed by atoms with Crippen LogP contribution in [0.3, 0.4) is 0 Å². The fraction of sp³-hybridized carbons (Fsp3) is 0.125. The summed E-state index contributed by atoms with van der Waals surface area (Å²) in [6.07, 6.45) is -1.21. The molecule has 2 heterocycles. The molecule has 178 valence electrons. The minimum absolute atomic E-state index is 0.0870. The van der Waals surface area contributed by atoms with Crippen LogP contribution in [-0.4, -0.2) is 39.8 Å². The number of benzene rings is 2. The first-order valence-electron chi connectivity index (χ1n) is 10.4. The van der Waals surface area contributed by atoms with Crippen molar-refractivity contribution in [3.63, 3.8) is 0 Å². The van der Waals surface area contributed by atoms with Crippen molar-refractivity contribution in [1.29, 1.82) is 0 Å². The van der Waals surface area contributed by atoms with E-state index in [1.165, 1.54) is 48.3 Å². The molecule has 0 fully saturated rings. The normalized spacial score (nSPS) is 11.5. The number of hydrogen-bond acceptors (Lipinski definition) is 8. The fourth-order valence-corrected chi connectivity index (χ4v) is 3.93. The molecule has 0 aliphatic carbocycles. The summed E-state index contributed by atoms with van der Waals surface area (Å²) < 4.78 is 12.1. The molecule has 0 saturated carbocycles. The van der Waals surface area contributed by atoms with Gasteiger partial charge in [-0.2, -0.15) is 5.10 Å². The monoisotopic (exact) mass is 492 g/mol. The maximum absolute atomic E-state index is 13.1. The molecule has 0 aliphatic heterocycles. The lowest BCUT2D eigenvalue weighted by Crippen LogP contribution is -2.30. The summed E-state index contributed by atoms with van der Waals surface area (Å²) in [5.74, 6) is -1.20. The second-order valence-electron chi connectivity index (χ2n) is 7.32. The zero-order chi connectivity index (χ0) is 24.9. The Bertz CT molecular complexity index is 1370. The molecule has 0 spiro atoms. The number of hydrogen-bond donors (Lipinski definition) is 1. The summed E-state index contributed by atoms with van der Waals surface area (Å²) in [5.41, 5.74) is 1.25. The van der Waals surface area contributed by atoms with Crippen LogP contribution in [0, 0.1) is 10.1 Å². The van der Waals surface area contributed by atoms with Crippen molar-refractivity contribution in [1.82, 2.24) is 9.78 Å². The van der Waals surface area contributed by atoms with Crippen molar-refractivity contribution >= 4 is 34.6 Å². The Balaban J connectivity index is 1.56. The van der Waals surface area contributed by atoms with E-state index in [-0.39, 0.29) is 22.8 Å². The van der Waals surface area contributed by atoms with E-state index in [9.17, 15) is 19.7 Å². The third-order valence-electron chi connectivity index (χ3n) is 5.00. The first-order chi connectivity index (χ1) is 16.9. The van der Waals surface area contributed by atoms with Crippen LogP contribution in [0.5, 0.6) is 5.75 Å². The van der Waals surface area contributed by atoms with Crippen LogP contribution >= 0.6 is 11.3 Å². The van der Waals surface area contributed by atoms with Crippen molar-refractivity contribution in [2.75, 3.05) is 12.4 Å². The van der Waals surface area contributed by atoms with Crippen molar-refractivity contribution in [2.45, 2.75) is 13.0 Å². The van der Waals surface area contributed by atoms with Crippen molar-refractivity contribution in [2.24, 2.45) is 0 Å². The molecule has 1 unspecified atom stereocenters. The minimum Gasteiger partial charge on any atom is -0.495 e. The van der Waals surface area contributed by atoms with E-state index in [4.69, 9.17) is 9.47 Å². The summed E-state index contributed by atoms with van der Waals surface area (Å²) in [5, 5.41) is 20.1. The van der Waals surface area contributed by atoms with Crippen LogP contribution in [0.1, 0.15) is 17.4 Å². The van der Waals surface area contributed by atoms with Gasteiger partial charge in [-0.1, -0.05) is 24.3 Å². The second-order valence-corrected chi connectivity index (χ2v) is 8.27. The Morgan fingerprint density at radius 1 is 1.11 bits per heavy atom. The summed E-state index contributed by atoms with van der Waals surface area (Å²) in [4.78, 5) is 37.2. The number of para-hydroxylation sites is 1. The molecule has 1 N–H and O–H groups in total. The molecule has 4 aromatic rings. The molecule has 4 rings (SSSR count). The molecule has 0 saturated heterocycles. The number of nitrogens with one attached hydrogen (secondary N) is 1. The van der Waals surface area contributed by atoms with E-state index in [1.54, 1.807) is 18.2 Å². The van der Waals surface area contributed by atoms with E-state index in [1.807, 2.05) is 35.7 Å². The number of esters is 1. The van der Waals surface area contributed by atoms with Gasteiger partial charge in [0.15, 0.2) is 11.8 Å². The number of thiophene rings is 1. The lowest BCUT2D eigenvalue weighted by atomic mass is 10.2. The maximum Gasteiger partial charge on any atom is 0.357 e. The van der Waals surface area contributed by atoms with E-state index in [2.05, 4.69) is 10.4 Å². The number of amides is 1. The highest BCUT2D eigenvalue weighted by Gasteiger charge is 2.25.